The number of H-pyrrole nitrogens is 1. The number of carbonyl (C=O) groups excluding carboxylic acids is 3. The van der Waals surface area contributed by atoms with E-state index in [0.717, 1.165) is 0 Å². The molecule has 0 radical (unpaired) electrons. The van der Waals surface area contributed by atoms with Crippen molar-refractivity contribution >= 4 is 29.7 Å². The van der Waals surface area contributed by atoms with E-state index in [4.69, 9.17) is 16.6 Å². The SMILES string of the molecule is NCCCCC(N)C(=O)NC(Cc1cnc[nH]1)C(=O)N1CCCC1C(=O)NC(CC(=O)O)C(=O)O. The summed E-state index contributed by atoms with van der Waals surface area (Å²) in [6.07, 6.45) is 4.70. The van der Waals surface area contributed by atoms with Gasteiger partial charge < -0.3 is 42.2 Å². The fraction of sp³-hybridized carbons (Fsp3) is 0.619. The number of unbranched alkanes of at least 4 members (excludes halogenated alkanes) is 1. The van der Waals surface area contributed by atoms with Crippen molar-refractivity contribution in [3.63, 3.8) is 0 Å². The maximum Gasteiger partial charge on any atom is 0.326 e. The largest absolute Gasteiger partial charge is 0.481 e. The number of carboxylic acid groups (broad SMARTS) is 2. The zero-order valence-electron chi connectivity index (χ0n) is 19.3. The maximum atomic E-state index is 13.4. The van der Waals surface area contributed by atoms with E-state index in [1.807, 2.05) is 0 Å². The van der Waals surface area contributed by atoms with Gasteiger partial charge in [0.2, 0.25) is 17.7 Å². The van der Waals surface area contributed by atoms with Gasteiger partial charge in [0.15, 0.2) is 0 Å². The second-order valence-corrected chi connectivity index (χ2v) is 8.42. The molecule has 3 amide bonds. The Morgan fingerprint density at radius 3 is 2.51 bits per heavy atom. The third kappa shape index (κ3) is 8.33. The molecule has 2 heterocycles. The van der Waals surface area contributed by atoms with Crippen LogP contribution in [0.25, 0.3) is 0 Å². The van der Waals surface area contributed by atoms with Crippen LogP contribution in [0.2, 0.25) is 0 Å². The number of nitrogens with two attached hydrogens (primary N) is 2. The van der Waals surface area contributed by atoms with Crippen molar-refractivity contribution in [2.45, 2.75) is 69.1 Å². The monoisotopic (exact) mass is 495 g/mol. The minimum atomic E-state index is -1.63. The molecule has 4 atom stereocenters. The van der Waals surface area contributed by atoms with E-state index in [1.54, 1.807) is 0 Å². The summed E-state index contributed by atoms with van der Waals surface area (Å²) in [4.78, 5) is 69.2. The van der Waals surface area contributed by atoms with Crippen LogP contribution in [0.1, 0.15) is 44.2 Å². The number of aromatic amines is 1. The lowest BCUT2D eigenvalue weighted by molar-refractivity contribution is -0.148. The van der Waals surface area contributed by atoms with Crippen LogP contribution in [-0.4, -0.2) is 92.0 Å². The first-order valence-corrected chi connectivity index (χ1v) is 11.4. The highest BCUT2D eigenvalue weighted by molar-refractivity contribution is 5.95. The Bertz CT molecular complexity index is 893. The molecule has 1 aromatic heterocycles. The molecule has 0 saturated carbocycles. The number of carboxylic acids is 2. The van der Waals surface area contributed by atoms with Crippen LogP contribution in [0, 0.1) is 0 Å². The van der Waals surface area contributed by atoms with Crippen molar-refractivity contribution in [3.8, 4) is 0 Å². The first-order valence-electron chi connectivity index (χ1n) is 11.4. The second-order valence-electron chi connectivity index (χ2n) is 8.42. The molecule has 35 heavy (non-hydrogen) atoms. The lowest BCUT2D eigenvalue weighted by Crippen LogP contribution is -2.57. The molecule has 0 aliphatic carbocycles. The van der Waals surface area contributed by atoms with Crippen molar-refractivity contribution in [1.82, 2.24) is 25.5 Å². The Morgan fingerprint density at radius 2 is 1.91 bits per heavy atom. The van der Waals surface area contributed by atoms with Crippen molar-refractivity contribution in [2.75, 3.05) is 13.1 Å². The third-order valence-corrected chi connectivity index (χ3v) is 5.73. The van der Waals surface area contributed by atoms with E-state index in [2.05, 4.69) is 20.6 Å². The lowest BCUT2D eigenvalue weighted by Gasteiger charge is -2.29. The number of nitrogens with one attached hydrogen (secondary N) is 3. The number of rotatable bonds is 14. The van der Waals surface area contributed by atoms with Crippen molar-refractivity contribution in [2.24, 2.45) is 11.5 Å². The molecule has 0 aromatic carbocycles. The summed E-state index contributed by atoms with van der Waals surface area (Å²) in [5, 5.41) is 23.0. The topological polar surface area (TPSA) is 234 Å². The van der Waals surface area contributed by atoms with Gasteiger partial charge in [0, 0.05) is 24.9 Å². The summed E-state index contributed by atoms with van der Waals surface area (Å²) in [5.41, 5.74) is 12.0. The molecule has 1 aliphatic rings. The maximum absolute atomic E-state index is 13.4. The highest BCUT2D eigenvalue weighted by Gasteiger charge is 2.39. The molecule has 4 unspecified atom stereocenters. The van der Waals surface area contributed by atoms with Crippen molar-refractivity contribution < 1.29 is 34.2 Å². The highest BCUT2D eigenvalue weighted by atomic mass is 16.4. The summed E-state index contributed by atoms with van der Waals surface area (Å²) in [6.45, 7) is 0.689. The zero-order chi connectivity index (χ0) is 26.0. The Morgan fingerprint density at radius 1 is 1.17 bits per heavy atom. The molecule has 1 aromatic rings. The molecule has 1 aliphatic heterocycles. The predicted molar refractivity (Wildman–Crippen MR) is 122 cm³/mol. The van der Waals surface area contributed by atoms with E-state index < -0.39 is 60.2 Å². The number of aliphatic carboxylic acids is 2. The van der Waals surface area contributed by atoms with E-state index >= 15 is 0 Å². The molecule has 1 saturated heterocycles. The van der Waals surface area contributed by atoms with Crippen LogP contribution in [0.15, 0.2) is 12.5 Å². The fourth-order valence-corrected chi connectivity index (χ4v) is 3.88. The number of aromatic nitrogens is 2. The van der Waals surface area contributed by atoms with E-state index in [-0.39, 0.29) is 19.4 Å². The average Bonchev–Trinajstić information content (AvgIpc) is 3.49. The number of nitrogens with zero attached hydrogens (tertiary/aromatic N) is 2. The lowest BCUT2D eigenvalue weighted by atomic mass is 10.1. The van der Waals surface area contributed by atoms with Crippen LogP contribution < -0.4 is 22.1 Å². The molecular weight excluding hydrogens is 462 g/mol. The number of carbonyl (C=O) groups is 5. The molecule has 2 rings (SSSR count). The van der Waals surface area contributed by atoms with Gasteiger partial charge in [-0.3, -0.25) is 19.2 Å². The molecule has 9 N–H and O–H groups in total. The predicted octanol–water partition coefficient (Wildman–Crippen LogP) is -2.07. The van der Waals surface area contributed by atoms with Crippen LogP contribution in [0.4, 0.5) is 0 Å². The van der Waals surface area contributed by atoms with Crippen LogP contribution in [0.5, 0.6) is 0 Å². The standard InChI is InChI=1S/C21H33N7O7/c22-6-2-1-4-13(23)18(31)26-14(8-12-10-24-11-25-12)20(33)28-7-3-5-16(28)19(32)27-15(21(34)35)9-17(29)30/h10-11,13-16H,1-9,22-23H2,(H,24,25)(H,26,31)(H,27,32)(H,29,30)(H,34,35). The van der Waals surface area contributed by atoms with E-state index in [1.165, 1.54) is 17.4 Å². The van der Waals surface area contributed by atoms with Gasteiger partial charge in [-0.1, -0.05) is 6.42 Å². The van der Waals surface area contributed by atoms with Gasteiger partial charge in [-0.25, -0.2) is 9.78 Å². The summed E-state index contributed by atoms with van der Waals surface area (Å²) in [7, 11) is 0. The number of hydrogen-bond acceptors (Lipinski definition) is 8. The highest BCUT2D eigenvalue weighted by Crippen LogP contribution is 2.20. The molecular formula is C21H33N7O7. The molecule has 14 nitrogen and oxygen atoms in total. The molecule has 194 valence electrons. The minimum Gasteiger partial charge on any atom is -0.481 e. The first kappa shape index (κ1) is 27.7. The molecule has 0 bridgehead atoms. The Hall–Kier alpha value is -3.52. The normalized spacial score (nSPS) is 17.9. The minimum absolute atomic E-state index is 0.0711. The van der Waals surface area contributed by atoms with E-state index in [9.17, 15) is 29.1 Å². The third-order valence-electron chi connectivity index (χ3n) is 5.73. The average molecular weight is 496 g/mol. The quantitative estimate of drug-likeness (QED) is 0.139. The summed E-state index contributed by atoms with van der Waals surface area (Å²) in [5.74, 6) is -4.71. The molecule has 14 heteroatoms. The van der Waals surface area contributed by atoms with Crippen LogP contribution in [0.3, 0.4) is 0 Å². The Balaban J connectivity index is 2.14. The Labute approximate surface area is 201 Å². The number of amides is 3. The number of likely N-dealkylation sites (tertiary alicyclic amines) is 1. The molecule has 0 spiro atoms. The summed E-state index contributed by atoms with van der Waals surface area (Å²) in [6, 6.07) is -4.53. The number of imidazole rings is 1. The van der Waals surface area contributed by atoms with Crippen LogP contribution >= 0.6 is 0 Å². The fourth-order valence-electron chi connectivity index (χ4n) is 3.88. The molecule has 1 fully saturated rings. The van der Waals surface area contributed by atoms with Gasteiger partial charge in [0.25, 0.3) is 0 Å². The van der Waals surface area contributed by atoms with Gasteiger partial charge in [0.1, 0.15) is 18.1 Å². The van der Waals surface area contributed by atoms with Gasteiger partial charge >= 0.3 is 11.9 Å². The van der Waals surface area contributed by atoms with Crippen LogP contribution in [-0.2, 0) is 30.4 Å². The smallest absolute Gasteiger partial charge is 0.326 e. The second kappa shape index (κ2) is 13.4. The van der Waals surface area contributed by atoms with Gasteiger partial charge in [-0.15, -0.1) is 0 Å². The van der Waals surface area contributed by atoms with Gasteiger partial charge in [0.05, 0.1) is 18.8 Å². The van der Waals surface area contributed by atoms with Gasteiger partial charge in [-0.2, -0.15) is 0 Å². The van der Waals surface area contributed by atoms with Crippen molar-refractivity contribution in [1.29, 1.82) is 0 Å². The van der Waals surface area contributed by atoms with Crippen molar-refractivity contribution in [3.05, 3.63) is 18.2 Å². The first-order chi connectivity index (χ1) is 16.6. The van der Waals surface area contributed by atoms with Gasteiger partial charge in [-0.05, 0) is 32.2 Å². The van der Waals surface area contributed by atoms with E-state index in [0.29, 0.717) is 37.9 Å². The summed E-state index contributed by atoms with van der Waals surface area (Å²) >= 11 is 0. The number of hydrogen-bond donors (Lipinski definition) is 7. The Kier molecular flexibility index (Phi) is 10.6. The zero-order valence-corrected chi connectivity index (χ0v) is 19.3. The summed E-state index contributed by atoms with van der Waals surface area (Å²) < 4.78 is 0.